The number of benzene rings is 2. The van der Waals surface area contributed by atoms with Gasteiger partial charge in [0.05, 0.1) is 18.8 Å². The van der Waals surface area contributed by atoms with Crippen molar-refractivity contribution in [2.45, 2.75) is 18.8 Å². The molecule has 6 nitrogen and oxygen atoms in total. The number of carbonyl (C=O) groups excluding carboxylic acids is 1. The van der Waals surface area contributed by atoms with Crippen LogP contribution in [0, 0.1) is 43.2 Å². The fourth-order valence-corrected chi connectivity index (χ4v) is 4.32. The van der Waals surface area contributed by atoms with Gasteiger partial charge in [0.2, 0.25) is 0 Å². The molecule has 0 N–H and O–H groups in total. The van der Waals surface area contributed by atoms with E-state index < -0.39 is 6.09 Å². The molecule has 32 heavy (non-hydrogen) atoms. The van der Waals surface area contributed by atoms with Gasteiger partial charge in [0, 0.05) is 75.8 Å². The minimum Gasteiger partial charge on any atom is -0.446 e. The Hall–Kier alpha value is -0.764. The van der Waals surface area contributed by atoms with Gasteiger partial charge in [-0.25, -0.2) is 10.5 Å². The number of hydrogen-bond donors (Lipinski definition) is 0. The van der Waals surface area contributed by atoms with Crippen LogP contribution < -0.4 is 9.80 Å². The molecule has 0 spiro atoms. The van der Waals surface area contributed by atoms with Crippen LogP contribution in [0.2, 0.25) is 0 Å². The van der Waals surface area contributed by atoms with Crippen molar-refractivity contribution in [3.05, 3.63) is 72.8 Å². The molecule has 3 atom stereocenters. The summed E-state index contributed by atoms with van der Waals surface area (Å²) in [7, 11) is 2.76. The smallest absolute Gasteiger partial charge is 0.393 e. The van der Waals surface area contributed by atoms with Crippen LogP contribution in [-0.2, 0) is 34.6 Å². The van der Waals surface area contributed by atoms with Crippen molar-refractivity contribution in [3.63, 3.8) is 0 Å². The first kappa shape index (κ1) is 27.5. The molecule has 2 aliphatic heterocycles. The maximum absolute atomic E-state index is 12.7. The van der Waals surface area contributed by atoms with Gasteiger partial charge in [0.15, 0.2) is 0 Å². The van der Waals surface area contributed by atoms with Crippen molar-refractivity contribution in [3.8, 4) is 0 Å². The van der Waals surface area contributed by atoms with Crippen LogP contribution in [0.25, 0.3) is 0 Å². The quantitative estimate of drug-likeness (QED) is 0.262. The molecule has 2 fully saturated rings. The molecule has 2 aromatic carbocycles. The van der Waals surface area contributed by atoms with E-state index in [1.54, 1.807) is 6.08 Å². The average molecular weight is 712 g/mol. The molecule has 2 heterocycles. The largest absolute Gasteiger partial charge is 0.446 e. The summed E-state index contributed by atoms with van der Waals surface area (Å²) in [4.78, 5) is 16.5. The van der Waals surface area contributed by atoms with Crippen LogP contribution >= 0.6 is 9.39 Å². The number of carbonyl (C=O) groups is 1. The van der Waals surface area contributed by atoms with E-state index in [2.05, 4.69) is 37.7 Å². The Bertz CT molecular complexity index is 875. The van der Waals surface area contributed by atoms with E-state index in [0.717, 1.165) is 30.9 Å². The maximum atomic E-state index is 12.7. The zero-order chi connectivity index (χ0) is 20.9. The van der Waals surface area contributed by atoms with Crippen molar-refractivity contribution in [1.82, 2.24) is 4.67 Å². The van der Waals surface area contributed by atoms with E-state index in [9.17, 15) is 4.79 Å². The molecule has 1 radical (unpaired) electrons. The van der Waals surface area contributed by atoms with Crippen LogP contribution in [0.15, 0.2) is 55.1 Å². The second-order valence-electron chi connectivity index (χ2n) is 7.41. The fourth-order valence-electron chi connectivity index (χ4n) is 3.90. The number of anilines is 2. The molecular formula is C23H26N3O3PUV-2. The Kier molecular flexibility index (Phi) is 11.3. The molecule has 0 saturated carbocycles. The van der Waals surface area contributed by atoms with Gasteiger partial charge in [0.25, 0.3) is 0 Å². The number of nitrogens with zero attached hydrogens (tertiary/aromatic N) is 3. The molecule has 0 bridgehead atoms. The molecule has 0 aromatic heterocycles. The summed E-state index contributed by atoms with van der Waals surface area (Å²) in [5, 5.41) is 0. The summed E-state index contributed by atoms with van der Waals surface area (Å²) in [6, 6.07) is 20.2. The van der Waals surface area contributed by atoms with Crippen LogP contribution in [0.1, 0.15) is 5.56 Å². The first-order chi connectivity index (χ1) is 14.7. The molecule has 9 heteroatoms. The van der Waals surface area contributed by atoms with Crippen molar-refractivity contribution in [2.75, 3.05) is 42.6 Å². The molecule has 1 amide bonds. The molecular weight excluding hydrogens is 686 g/mol. The summed E-state index contributed by atoms with van der Waals surface area (Å²) >= 11 is 0. The van der Waals surface area contributed by atoms with Crippen LogP contribution in [0.4, 0.5) is 16.2 Å². The summed E-state index contributed by atoms with van der Waals surface area (Å²) in [5.41, 5.74) is 2.52. The van der Waals surface area contributed by atoms with Crippen molar-refractivity contribution < 1.29 is 63.9 Å². The van der Waals surface area contributed by atoms with E-state index in [-0.39, 0.29) is 68.4 Å². The third-order valence-corrected chi connectivity index (χ3v) is 5.80. The third-order valence-electron chi connectivity index (χ3n) is 5.38. The van der Waals surface area contributed by atoms with E-state index in [4.69, 9.17) is 9.47 Å². The Labute approximate surface area is 228 Å². The first-order valence-electron chi connectivity index (χ1n) is 10.1. The summed E-state index contributed by atoms with van der Waals surface area (Å²) < 4.78 is 13.6. The van der Waals surface area contributed by atoms with Gasteiger partial charge in [-0.15, -0.1) is 6.58 Å². The summed E-state index contributed by atoms with van der Waals surface area (Å²) in [6.07, 6.45) is 1.45. The normalized spacial score (nSPS) is 19.8. The zero-order valence-electron chi connectivity index (χ0n) is 17.8. The van der Waals surface area contributed by atoms with Gasteiger partial charge < -0.3 is 31.4 Å². The Morgan fingerprint density at radius 2 is 2.00 bits per heavy atom. The van der Waals surface area contributed by atoms with E-state index in [0.29, 0.717) is 18.8 Å². The zero-order valence-corrected chi connectivity index (χ0v) is 24.5. The van der Waals surface area contributed by atoms with Crippen molar-refractivity contribution >= 4 is 26.9 Å². The topological polar surface area (TPSA) is 45.3 Å². The van der Waals surface area contributed by atoms with Crippen molar-refractivity contribution in [2.24, 2.45) is 0 Å². The molecule has 2 saturated heterocycles. The first-order valence-corrected chi connectivity index (χ1v) is 10.6. The summed E-state index contributed by atoms with van der Waals surface area (Å²) in [5.74, 6) is 0. The molecule has 4 rings (SSSR count). The monoisotopic (exact) mass is 712 g/mol. The van der Waals surface area contributed by atoms with Crippen LogP contribution in [0.5, 0.6) is 0 Å². The van der Waals surface area contributed by atoms with Gasteiger partial charge in [-0.2, -0.15) is 5.69 Å². The number of hydrogen-bond acceptors (Lipinski definition) is 5. The minimum atomic E-state index is -0.422. The number of ether oxygens (including phenoxy) is 2. The Morgan fingerprint density at radius 1 is 1.28 bits per heavy atom. The van der Waals surface area contributed by atoms with Gasteiger partial charge in [-0.1, -0.05) is 45.8 Å². The minimum absolute atomic E-state index is 0. The maximum Gasteiger partial charge on any atom is 0.393 e. The standard InChI is InChI=1S/C23H26N3O3P.U.V/c1-2-12-26(23(27)29-17-18-6-4-3-5-7-18)20-10-8-19(9-11-20)25-13-14-28-22-16-24(30)15-21(22)25;;/h2-7,10-11,21-22H,1,12-17,30H2;;/q-2;;. The van der Waals surface area contributed by atoms with E-state index >= 15 is 0 Å². The van der Waals surface area contributed by atoms with Gasteiger partial charge in [-0.3, -0.25) is 16.8 Å². The second kappa shape index (κ2) is 13.2. The van der Waals surface area contributed by atoms with Gasteiger partial charge >= 0.3 is 6.09 Å². The number of morpholine rings is 1. The molecule has 2 aliphatic rings. The van der Waals surface area contributed by atoms with E-state index in [1.165, 1.54) is 4.90 Å². The van der Waals surface area contributed by atoms with Crippen LogP contribution in [0.3, 0.4) is 0 Å². The van der Waals surface area contributed by atoms with Gasteiger partial charge in [-0.05, 0) is 5.56 Å². The predicted octanol–water partition coefficient (Wildman–Crippen LogP) is 3.29. The van der Waals surface area contributed by atoms with Crippen LogP contribution in [-0.4, -0.2) is 55.7 Å². The number of rotatable bonds is 6. The van der Waals surface area contributed by atoms with Crippen molar-refractivity contribution in [1.29, 1.82) is 0 Å². The Balaban J connectivity index is 0.00000181. The van der Waals surface area contributed by atoms with E-state index in [1.807, 2.05) is 42.5 Å². The SMILES string of the molecule is C=CCN(C(=O)OCc1ccccc1)c1c[c-]c(N2CCOC3CN(P)CC32)[c-]c1.[U].[V]. The molecule has 2 aromatic rings. The molecule has 0 aliphatic carbocycles. The number of amides is 1. The predicted molar refractivity (Wildman–Crippen MR) is 120 cm³/mol. The molecule has 167 valence electrons. The average Bonchev–Trinajstić information content (AvgIpc) is 3.17. The Morgan fingerprint density at radius 3 is 2.69 bits per heavy atom. The molecule has 3 unspecified atom stereocenters. The second-order valence-corrected chi connectivity index (χ2v) is 8.14. The van der Waals surface area contributed by atoms with Gasteiger partial charge in [0.1, 0.15) is 6.61 Å². The number of fused-ring (bicyclic) bond motifs is 1. The summed E-state index contributed by atoms with van der Waals surface area (Å²) in [6.45, 7) is 7.66. The third kappa shape index (κ3) is 6.64. The fraction of sp³-hybridized carbons (Fsp3) is 0.348.